The normalized spacial score (nSPS) is 9.50. The smallest absolute Gasteiger partial charge is 0.262 e. The molecule has 0 spiro atoms. The van der Waals surface area contributed by atoms with Gasteiger partial charge in [-0.25, -0.2) is 0 Å². The third-order valence-electron chi connectivity index (χ3n) is 2.70. The third kappa shape index (κ3) is 3.87. The van der Waals surface area contributed by atoms with Crippen molar-refractivity contribution >= 4 is 22.9 Å². The minimum absolute atomic E-state index is 0.0720. The minimum Gasteiger partial charge on any atom is -0.378 e. The Morgan fingerprint density at radius 1 is 1.25 bits per heavy atom. The fourth-order valence-electron chi connectivity index (χ4n) is 1.61. The summed E-state index contributed by atoms with van der Waals surface area (Å²) in [5, 5.41) is 4.66. The van der Waals surface area contributed by atoms with Gasteiger partial charge in [-0.1, -0.05) is 17.9 Å². The number of anilines is 1. The lowest BCUT2D eigenvalue weighted by atomic mass is 10.2. The van der Waals surface area contributed by atoms with Crippen molar-refractivity contribution in [1.82, 2.24) is 5.32 Å². The van der Waals surface area contributed by atoms with Crippen molar-refractivity contribution < 1.29 is 4.79 Å². The van der Waals surface area contributed by atoms with Gasteiger partial charge < -0.3 is 10.2 Å². The Balaban J connectivity index is 1.87. The molecule has 1 amide bonds. The van der Waals surface area contributed by atoms with Crippen LogP contribution in [-0.2, 0) is 0 Å². The molecule has 0 radical (unpaired) electrons. The molecule has 1 aromatic heterocycles. The van der Waals surface area contributed by atoms with Gasteiger partial charge in [-0.3, -0.25) is 4.79 Å². The first-order valence-corrected chi connectivity index (χ1v) is 7.13. The lowest BCUT2D eigenvalue weighted by Crippen LogP contribution is -2.22. The molecule has 0 aliphatic carbocycles. The van der Waals surface area contributed by atoms with Gasteiger partial charge in [0.25, 0.3) is 5.91 Å². The van der Waals surface area contributed by atoms with E-state index in [4.69, 9.17) is 0 Å². The predicted octanol–water partition coefficient (Wildman–Crippen LogP) is 2.60. The van der Waals surface area contributed by atoms with Crippen LogP contribution in [0.1, 0.15) is 15.2 Å². The van der Waals surface area contributed by atoms with Gasteiger partial charge in [0, 0.05) is 25.3 Å². The molecular formula is C16H16N2OS. The van der Waals surface area contributed by atoms with Crippen LogP contribution in [0.3, 0.4) is 0 Å². The molecule has 4 heteroatoms. The lowest BCUT2D eigenvalue weighted by Gasteiger charge is -2.11. The van der Waals surface area contributed by atoms with Crippen LogP contribution >= 0.6 is 11.3 Å². The topological polar surface area (TPSA) is 32.3 Å². The molecule has 0 aliphatic rings. The highest BCUT2D eigenvalue weighted by molar-refractivity contribution is 7.12. The van der Waals surface area contributed by atoms with E-state index in [1.54, 1.807) is 6.07 Å². The highest BCUT2D eigenvalue weighted by atomic mass is 32.1. The second kappa shape index (κ2) is 6.78. The first kappa shape index (κ1) is 14.2. The fraction of sp³-hybridized carbons (Fsp3) is 0.188. The van der Waals surface area contributed by atoms with E-state index in [9.17, 15) is 4.79 Å². The molecular weight excluding hydrogens is 268 g/mol. The molecule has 20 heavy (non-hydrogen) atoms. The van der Waals surface area contributed by atoms with E-state index in [0.717, 1.165) is 11.3 Å². The molecule has 0 atom stereocenters. The van der Waals surface area contributed by atoms with Crippen LogP contribution in [0.5, 0.6) is 0 Å². The number of amides is 1. The maximum atomic E-state index is 11.7. The summed E-state index contributed by atoms with van der Waals surface area (Å²) in [6.45, 7) is 0.353. The predicted molar refractivity (Wildman–Crippen MR) is 84.3 cm³/mol. The Bertz CT molecular complexity index is 619. The standard InChI is InChI=1S/C16H16N2OS/c1-18(2)14-9-7-13(8-10-14)5-3-11-17-16(19)15-6-4-12-20-15/h4,6-10,12H,11H2,1-2H3,(H,17,19). The highest BCUT2D eigenvalue weighted by Crippen LogP contribution is 2.11. The molecule has 0 saturated carbocycles. The van der Waals surface area contributed by atoms with Crippen LogP contribution in [0.15, 0.2) is 41.8 Å². The average molecular weight is 284 g/mol. The summed E-state index contributed by atoms with van der Waals surface area (Å²) < 4.78 is 0. The molecule has 2 aromatic rings. The zero-order chi connectivity index (χ0) is 14.4. The molecule has 0 saturated heterocycles. The molecule has 0 aliphatic heterocycles. The van der Waals surface area contributed by atoms with Crippen molar-refractivity contribution in [3.05, 3.63) is 52.2 Å². The highest BCUT2D eigenvalue weighted by Gasteiger charge is 2.03. The number of thiophene rings is 1. The Morgan fingerprint density at radius 2 is 2.00 bits per heavy atom. The molecule has 1 aromatic carbocycles. The maximum absolute atomic E-state index is 11.7. The molecule has 0 fully saturated rings. The molecule has 0 unspecified atom stereocenters. The van der Waals surface area contributed by atoms with Gasteiger partial charge in [-0.15, -0.1) is 11.3 Å². The third-order valence-corrected chi connectivity index (χ3v) is 3.57. The van der Waals surface area contributed by atoms with Gasteiger partial charge in [0.05, 0.1) is 11.4 Å². The van der Waals surface area contributed by atoms with E-state index in [1.165, 1.54) is 11.3 Å². The van der Waals surface area contributed by atoms with Crippen LogP contribution in [0.2, 0.25) is 0 Å². The zero-order valence-electron chi connectivity index (χ0n) is 11.5. The molecule has 3 nitrogen and oxygen atoms in total. The minimum atomic E-state index is -0.0720. The van der Waals surface area contributed by atoms with Gasteiger partial charge in [0.1, 0.15) is 0 Å². The number of rotatable bonds is 3. The van der Waals surface area contributed by atoms with Gasteiger partial charge in [-0.05, 0) is 35.7 Å². The SMILES string of the molecule is CN(C)c1ccc(C#CCNC(=O)c2cccs2)cc1. The van der Waals surface area contributed by atoms with Gasteiger partial charge in [-0.2, -0.15) is 0 Å². The second-order valence-electron chi connectivity index (χ2n) is 4.40. The number of hydrogen-bond acceptors (Lipinski definition) is 3. The van der Waals surface area contributed by atoms with Crippen molar-refractivity contribution in [1.29, 1.82) is 0 Å². The Labute approximate surface area is 123 Å². The molecule has 0 bridgehead atoms. The van der Waals surface area contributed by atoms with Gasteiger partial charge in [0.15, 0.2) is 0 Å². The summed E-state index contributed by atoms with van der Waals surface area (Å²) in [5.41, 5.74) is 2.09. The second-order valence-corrected chi connectivity index (χ2v) is 5.35. The Kier molecular flexibility index (Phi) is 4.80. The van der Waals surface area contributed by atoms with Crippen molar-refractivity contribution in [2.45, 2.75) is 0 Å². The van der Waals surface area contributed by atoms with E-state index in [-0.39, 0.29) is 5.91 Å². The quantitative estimate of drug-likeness (QED) is 0.879. The number of nitrogens with one attached hydrogen (secondary N) is 1. The number of benzene rings is 1. The summed E-state index contributed by atoms with van der Waals surface area (Å²) in [4.78, 5) is 14.4. The van der Waals surface area contributed by atoms with Crippen molar-refractivity contribution in [3.8, 4) is 11.8 Å². The largest absolute Gasteiger partial charge is 0.378 e. The number of nitrogens with zero attached hydrogens (tertiary/aromatic N) is 1. The van der Waals surface area contributed by atoms with Crippen LogP contribution in [0.4, 0.5) is 5.69 Å². The molecule has 1 heterocycles. The van der Waals surface area contributed by atoms with Gasteiger partial charge >= 0.3 is 0 Å². The first-order valence-electron chi connectivity index (χ1n) is 6.25. The number of carbonyl (C=O) groups is 1. The van der Waals surface area contributed by atoms with E-state index in [0.29, 0.717) is 11.4 Å². The number of hydrogen-bond donors (Lipinski definition) is 1. The molecule has 102 valence electrons. The summed E-state index contributed by atoms with van der Waals surface area (Å²) in [6.07, 6.45) is 0. The fourth-order valence-corrected chi connectivity index (χ4v) is 2.25. The molecule has 2 rings (SSSR count). The van der Waals surface area contributed by atoms with Crippen LogP contribution < -0.4 is 10.2 Å². The summed E-state index contributed by atoms with van der Waals surface area (Å²) >= 11 is 1.42. The van der Waals surface area contributed by atoms with Crippen molar-refractivity contribution in [2.75, 3.05) is 25.5 Å². The van der Waals surface area contributed by atoms with Crippen LogP contribution in [-0.4, -0.2) is 26.5 Å². The van der Waals surface area contributed by atoms with Crippen LogP contribution in [0, 0.1) is 11.8 Å². The van der Waals surface area contributed by atoms with E-state index < -0.39 is 0 Å². The van der Waals surface area contributed by atoms with E-state index in [1.807, 2.05) is 54.7 Å². The monoisotopic (exact) mass is 284 g/mol. The van der Waals surface area contributed by atoms with Crippen molar-refractivity contribution in [2.24, 2.45) is 0 Å². The first-order chi connectivity index (χ1) is 9.66. The Morgan fingerprint density at radius 3 is 2.60 bits per heavy atom. The van der Waals surface area contributed by atoms with E-state index in [2.05, 4.69) is 17.2 Å². The Hall–Kier alpha value is -2.25. The summed E-state index contributed by atoms with van der Waals surface area (Å²) in [6, 6.07) is 11.7. The maximum Gasteiger partial charge on any atom is 0.262 e. The number of carbonyl (C=O) groups excluding carboxylic acids is 1. The molecule has 1 N–H and O–H groups in total. The average Bonchev–Trinajstić information content (AvgIpc) is 2.98. The summed E-state index contributed by atoms with van der Waals surface area (Å²) in [5.74, 6) is 5.91. The lowest BCUT2D eigenvalue weighted by molar-refractivity contribution is 0.0962. The van der Waals surface area contributed by atoms with E-state index >= 15 is 0 Å². The van der Waals surface area contributed by atoms with Crippen LogP contribution in [0.25, 0.3) is 0 Å². The summed E-state index contributed by atoms with van der Waals surface area (Å²) in [7, 11) is 4.00. The van der Waals surface area contributed by atoms with Crippen molar-refractivity contribution in [3.63, 3.8) is 0 Å². The zero-order valence-corrected chi connectivity index (χ0v) is 12.3. The van der Waals surface area contributed by atoms with Gasteiger partial charge in [0.2, 0.25) is 0 Å².